The van der Waals surface area contributed by atoms with Gasteiger partial charge in [0.15, 0.2) is 0 Å². The summed E-state index contributed by atoms with van der Waals surface area (Å²) < 4.78 is 100. The molecule has 0 aromatic carbocycles. The lowest BCUT2D eigenvalue weighted by Gasteiger charge is -2.52. The zero-order chi connectivity index (χ0) is 75.4. The Bertz CT molecular complexity index is 3170. The number of hydrogen-bond acceptors (Lipinski definition) is 30. The van der Waals surface area contributed by atoms with Crippen molar-refractivity contribution in [1.82, 2.24) is 0 Å². The molecule has 0 amide bonds. The molecule has 14 rings (SSSR count). The molecule has 14 saturated heterocycles. The lowest BCUT2D eigenvalue weighted by molar-refractivity contribution is -0.273. The van der Waals surface area contributed by atoms with E-state index in [-0.39, 0.29) is 91.4 Å². The summed E-state index contributed by atoms with van der Waals surface area (Å²) in [5, 5.41) is 0. The van der Waals surface area contributed by atoms with Gasteiger partial charge in [-0.2, -0.15) is 0 Å². The van der Waals surface area contributed by atoms with Gasteiger partial charge in [0, 0.05) is 85.8 Å². The van der Waals surface area contributed by atoms with Crippen molar-refractivity contribution in [3.63, 3.8) is 0 Å². The van der Waals surface area contributed by atoms with E-state index in [9.17, 15) is 58.7 Å². The van der Waals surface area contributed by atoms with Crippen molar-refractivity contribution < 1.29 is 144 Å². The summed E-state index contributed by atoms with van der Waals surface area (Å²) in [5.74, 6) is 7.97. The smallest absolute Gasteiger partial charge is 0.139 e. The van der Waals surface area contributed by atoms with Crippen molar-refractivity contribution >= 4 is 105 Å². The van der Waals surface area contributed by atoms with Crippen LogP contribution in [-0.4, -0.2) is 346 Å². The first kappa shape index (κ1) is 87.5. The summed E-state index contributed by atoms with van der Waals surface area (Å²) in [5.41, 5.74) is -4.47. The molecule has 24 atom stereocenters. The molecule has 12 N–H and O–H groups in total. The third-order valence-corrected chi connectivity index (χ3v) is 22.6. The van der Waals surface area contributed by atoms with E-state index in [0.29, 0.717) is 71.9 Å². The molecule has 30 nitrogen and oxygen atoms in total. The van der Waals surface area contributed by atoms with Crippen LogP contribution in [0.3, 0.4) is 0 Å². The van der Waals surface area contributed by atoms with Crippen molar-refractivity contribution in [3.8, 4) is 0 Å². The molecule has 14 aliphatic rings. The first-order valence-electron chi connectivity index (χ1n) is 32.2. The standard InChI is InChI=1S/2C11H19O5P.3C10H16BO5P.C10H17O5P/c1-8-9-10(14-2)11(16-8,4-6-15-9)5-7-17(3,12)13;1-8-6-16-11(4-5-17(3,12)13)7-15-9(8)10(11)14-2;1-14-7-5-10(3-4-17(2,12)13)6-15-8(7)9(11)16-10;1-14-9-7-5-8(11)16-10(9,6-15-7)3-4-17(2,12)13;1-14-8-5-7-9(11)16-10(8,6-15-7)3-4-17(2,12)13;1-7-8-9(13-2)10(15-7,6-14-8)4-5-16(3,11)12/h5,7-10,12-13H,3-4,6H2,1-2H3;4-5,8-10,12-13H,3,6-7H2,1-2H3;3*3-4,7-9,12-13H,2,5-6H2,1H3;4-5,7-9,11-12H,3,6H2,1-2H3/b7-5+;5-4+;3*4-3+;5-4+/t8-,9+,10?,11+;;7-,8-,9?,10-;;7-,8+,9?,10+;7-,8+,9?,10-/m0.1.10/s1. The fourth-order valence-electron chi connectivity index (χ4n) is 14.1. The molecule has 6 radical (unpaired) electrons. The average molecular weight is 1550 g/mol. The Kier molecular flexibility index (Phi) is 30.0. The number of rotatable bonds is 18. The lowest BCUT2D eigenvalue weighted by Crippen LogP contribution is -2.64. The molecule has 0 saturated carbocycles. The van der Waals surface area contributed by atoms with Crippen LogP contribution in [0.25, 0.3) is 0 Å². The highest BCUT2D eigenvalue weighted by Crippen LogP contribution is 2.50. The van der Waals surface area contributed by atoms with Crippen LogP contribution >= 0.6 is 44.0 Å². The minimum absolute atomic E-state index is 0.00617. The molecule has 570 valence electrons. The van der Waals surface area contributed by atoms with Crippen LogP contribution in [0, 0.1) is 5.92 Å². The van der Waals surface area contributed by atoms with Gasteiger partial charge in [-0.05, 0) is 129 Å². The number of fused-ring (bicyclic) bond motifs is 14. The number of methoxy groups -OCH3 is 6. The molecule has 0 aromatic heterocycles. The molecule has 14 heterocycles. The monoisotopic (exact) mass is 1550 g/mol. The largest absolute Gasteiger partial charge is 0.379 e. The molecule has 12 unspecified atom stereocenters. The Balaban J connectivity index is 0.000000170. The summed E-state index contributed by atoms with van der Waals surface area (Å²) >= 11 is 0. The van der Waals surface area contributed by atoms with Crippen molar-refractivity contribution in [2.24, 2.45) is 5.92 Å². The molecule has 39 heteroatoms. The fraction of sp³-hybridized carbons (Fsp3) is 0.710. The van der Waals surface area contributed by atoms with E-state index in [1.54, 1.807) is 79.1 Å². The van der Waals surface area contributed by atoms with Crippen LogP contribution in [0.1, 0.15) is 46.5 Å². The van der Waals surface area contributed by atoms with E-state index in [4.69, 9.17) is 109 Å². The third kappa shape index (κ3) is 22.5. The summed E-state index contributed by atoms with van der Waals surface area (Å²) in [4.78, 5) is 112. The van der Waals surface area contributed by atoms with Gasteiger partial charge in [0.2, 0.25) is 0 Å². The zero-order valence-electron chi connectivity index (χ0n) is 58.5. The van der Waals surface area contributed by atoms with Gasteiger partial charge in [0.05, 0.1) is 89.0 Å². The number of hydrogen-bond donors (Lipinski definition) is 12. The van der Waals surface area contributed by atoms with Gasteiger partial charge < -0.3 is 144 Å². The van der Waals surface area contributed by atoms with Crippen molar-refractivity contribution in [3.05, 3.63) is 71.4 Å². The molecule has 101 heavy (non-hydrogen) atoms. The molecule has 0 spiro atoms. The maximum atomic E-state index is 9.34. The van der Waals surface area contributed by atoms with Crippen LogP contribution in [0.2, 0.25) is 0 Å². The molecule has 14 aliphatic heterocycles. The predicted octanol–water partition coefficient (Wildman–Crippen LogP) is 1.14. The molecular formula is C62H103B3O30P6. The first-order chi connectivity index (χ1) is 46.7. The highest BCUT2D eigenvalue weighted by molar-refractivity contribution is 7.67. The van der Waals surface area contributed by atoms with Crippen LogP contribution in [-0.2, 0) is 85.3 Å². The number of ether oxygens (including phenoxy) is 18. The van der Waals surface area contributed by atoms with Crippen LogP contribution in [0.4, 0.5) is 0 Å². The van der Waals surface area contributed by atoms with Crippen LogP contribution < -0.4 is 0 Å². The normalized spacial score (nSPS) is 42.4. The maximum absolute atomic E-state index is 9.34. The SMILES string of the molecule is C=P(O)(O)/C=C/C12COC(C(C)CO1)C2OC.C=P(O)(O)/C=C/[C@]12CCO[C@@H](C1OC)[C@H](C)O2.C=P(O)(O)/C=C/[C@]12CO[C@@H](C1OC)[C@H](C)O2.[B]C1CC2OCC(/C=C/P(=C)(O)O)(O1)C2OC.[B]C1O[C@@]2(/C=C/P(=C)(O)O)CO[C@@H]1C[C@@H]2OC.[B]C1O[C@@]2(/C=C/P(=C)(O)O)CO[C@@H]1[C@H](OC)C2. The zero-order valence-corrected chi connectivity index (χ0v) is 63.8. The second-order valence-corrected chi connectivity index (χ2v) is 38.3. The minimum Gasteiger partial charge on any atom is -0.379 e. The summed E-state index contributed by atoms with van der Waals surface area (Å²) in [6, 6.07) is -1.52. The minimum atomic E-state index is -3.24. The molecule has 12 bridgehead atoms. The maximum Gasteiger partial charge on any atom is 0.139 e. The van der Waals surface area contributed by atoms with Crippen molar-refractivity contribution in [1.29, 1.82) is 0 Å². The van der Waals surface area contributed by atoms with Gasteiger partial charge >= 0.3 is 0 Å². The Morgan fingerprint density at radius 1 is 0.396 bits per heavy atom. The second-order valence-electron chi connectivity index (χ2n) is 27.1. The highest BCUT2D eigenvalue weighted by Gasteiger charge is 2.61. The topological polar surface area (TPSA) is 409 Å². The van der Waals surface area contributed by atoms with Crippen molar-refractivity contribution in [2.45, 2.75) is 184 Å². The third-order valence-electron chi connectivity index (χ3n) is 18.8. The van der Waals surface area contributed by atoms with E-state index in [0.717, 1.165) is 0 Å². The van der Waals surface area contributed by atoms with E-state index < -0.39 is 95.7 Å². The molecule has 14 fully saturated rings. The van der Waals surface area contributed by atoms with Gasteiger partial charge in [0.25, 0.3) is 0 Å². The molecule has 0 aliphatic carbocycles. The van der Waals surface area contributed by atoms with E-state index in [1.165, 1.54) is 34.9 Å². The quantitative estimate of drug-likeness (QED) is 0.0676. The van der Waals surface area contributed by atoms with Gasteiger partial charge in [-0.15, -0.1) is 0 Å². The van der Waals surface area contributed by atoms with E-state index in [1.807, 2.05) is 20.8 Å². The Labute approximate surface area is 596 Å². The lowest BCUT2D eigenvalue weighted by atomic mass is 9.78. The summed E-state index contributed by atoms with van der Waals surface area (Å²) in [7, 11) is 7.70. The summed E-state index contributed by atoms with van der Waals surface area (Å²) in [6.45, 7) is 8.72. The molecular weight excluding hydrogens is 1440 g/mol. The first-order valence-corrected chi connectivity index (χ1v) is 43.9. The summed E-state index contributed by atoms with van der Waals surface area (Å²) in [6.07, 6.45) is 29.6. The predicted molar refractivity (Wildman–Crippen MR) is 392 cm³/mol. The highest BCUT2D eigenvalue weighted by atomic mass is 31.2. The van der Waals surface area contributed by atoms with E-state index in [2.05, 4.69) is 37.8 Å². The Hall–Kier alpha value is -0.765. The Morgan fingerprint density at radius 3 is 1.32 bits per heavy atom. The van der Waals surface area contributed by atoms with Gasteiger partial charge in [-0.25, -0.2) is 0 Å². The van der Waals surface area contributed by atoms with Crippen LogP contribution in [0.5, 0.6) is 0 Å². The average Bonchev–Trinajstić information content (AvgIpc) is 1.58. The van der Waals surface area contributed by atoms with Crippen LogP contribution in [0.15, 0.2) is 71.4 Å². The van der Waals surface area contributed by atoms with Crippen molar-refractivity contribution in [2.75, 3.05) is 88.9 Å². The molecule has 0 aromatic rings. The second kappa shape index (κ2) is 34.7. The van der Waals surface area contributed by atoms with Gasteiger partial charge in [0.1, 0.15) is 144 Å². The van der Waals surface area contributed by atoms with Gasteiger partial charge in [-0.1, -0.05) is 6.92 Å². The Morgan fingerprint density at radius 2 is 0.812 bits per heavy atom. The fourth-order valence-corrected chi connectivity index (χ4v) is 17.1. The van der Waals surface area contributed by atoms with E-state index >= 15 is 0 Å². The van der Waals surface area contributed by atoms with Gasteiger partial charge in [-0.3, -0.25) is 0 Å².